The fourth-order valence-corrected chi connectivity index (χ4v) is 2.83. The van der Waals surface area contributed by atoms with Gasteiger partial charge in [0.1, 0.15) is 20.0 Å². The lowest BCUT2D eigenvalue weighted by Gasteiger charge is -2.12. The summed E-state index contributed by atoms with van der Waals surface area (Å²) in [6, 6.07) is 17.6. The first-order chi connectivity index (χ1) is 13.5. The molecule has 0 saturated carbocycles. The Balaban J connectivity index is 1.60. The van der Waals surface area contributed by atoms with Crippen LogP contribution in [0.5, 0.6) is 0 Å². The minimum atomic E-state index is -0.155. The van der Waals surface area contributed by atoms with Gasteiger partial charge in [-0.05, 0) is 23.3 Å². The number of nitrogens with zero attached hydrogens (tertiary/aromatic N) is 2. The summed E-state index contributed by atoms with van der Waals surface area (Å²) in [6.07, 6.45) is 2.77. The Hall–Kier alpha value is -3.41. The highest BCUT2D eigenvalue weighted by Gasteiger charge is 2.04. The molecule has 0 aliphatic heterocycles. The van der Waals surface area contributed by atoms with E-state index in [1.54, 1.807) is 6.07 Å². The van der Waals surface area contributed by atoms with Crippen LogP contribution in [0.25, 0.3) is 0 Å². The van der Waals surface area contributed by atoms with E-state index in [0.29, 0.717) is 18.7 Å². The molecule has 0 aliphatic carbocycles. The lowest BCUT2D eigenvalue weighted by molar-refractivity contribution is -0.114. The van der Waals surface area contributed by atoms with E-state index < -0.39 is 0 Å². The number of hydrogen-bond donors (Lipinski definition) is 2. The third kappa shape index (κ3) is 5.54. The first kappa shape index (κ1) is 19.4. The summed E-state index contributed by atoms with van der Waals surface area (Å²) in [5.74, 6) is 0.352. The number of amides is 1. The van der Waals surface area contributed by atoms with Gasteiger partial charge in [0.05, 0.1) is 5.69 Å². The van der Waals surface area contributed by atoms with Gasteiger partial charge in [0.2, 0.25) is 5.91 Å². The van der Waals surface area contributed by atoms with Gasteiger partial charge in [0, 0.05) is 37.2 Å². The quantitative estimate of drug-likeness (QED) is 0.630. The van der Waals surface area contributed by atoms with E-state index in [0.717, 1.165) is 33.7 Å². The summed E-state index contributed by atoms with van der Waals surface area (Å²) in [5, 5.41) is 5.98. The smallest absolute Gasteiger partial charge is 0.222 e. The number of carbonyl (C=O) groups excluding carboxylic acids is 1. The van der Waals surface area contributed by atoms with Gasteiger partial charge in [-0.3, -0.25) is 4.79 Å². The molecule has 3 rings (SSSR count). The molecule has 1 amide bonds. The normalized spacial score (nSPS) is 10.3. The molecule has 5 nitrogen and oxygen atoms in total. The standard InChI is InChI=1S/C22H21BN4O/c1-15(11-18-5-3-4-6-21(18)23)26-19-9-7-17(8-10-19)12-20-13-22(25-14-24-20)27-16(2)28/h3-10,13-14,26H,1,11-12H2,2H3,(H,24,25,27,28). The average Bonchev–Trinajstić information content (AvgIpc) is 2.65. The zero-order chi connectivity index (χ0) is 19.9. The molecule has 0 aliphatic rings. The van der Waals surface area contributed by atoms with Crippen LogP contribution in [-0.4, -0.2) is 23.7 Å². The second-order valence-electron chi connectivity index (χ2n) is 6.55. The number of benzene rings is 2. The molecule has 3 aromatic rings. The molecule has 28 heavy (non-hydrogen) atoms. The Labute approximate surface area is 166 Å². The molecule has 0 spiro atoms. The molecule has 1 aromatic heterocycles. The Morgan fingerprint density at radius 1 is 1.07 bits per heavy atom. The zero-order valence-corrected chi connectivity index (χ0v) is 15.8. The maximum Gasteiger partial charge on any atom is 0.222 e. The van der Waals surface area contributed by atoms with Crippen molar-refractivity contribution in [3.63, 3.8) is 0 Å². The van der Waals surface area contributed by atoms with Gasteiger partial charge in [0.15, 0.2) is 0 Å². The Bertz CT molecular complexity index is 986. The van der Waals surface area contributed by atoms with Crippen molar-refractivity contribution in [1.29, 1.82) is 0 Å². The van der Waals surface area contributed by atoms with Gasteiger partial charge in [-0.15, -0.1) is 0 Å². The van der Waals surface area contributed by atoms with Crippen molar-refractivity contribution in [1.82, 2.24) is 9.97 Å². The summed E-state index contributed by atoms with van der Waals surface area (Å²) in [6.45, 7) is 5.54. The Morgan fingerprint density at radius 2 is 1.82 bits per heavy atom. The molecule has 0 unspecified atom stereocenters. The topological polar surface area (TPSA) is 66.9 Å². The fraction of sp³-hybridized carbons (Fsp3) is 0.136. The highest BCUT2D eigenvalue weighted by molar-refractivity contribution is 6.33. The molecular weight excluding hydrogens is 347 g/mol. The number of allylic oxidation sites excluding steroid dienone is 1. The number of hydrogen-bond acceptors (Lipinski definition) is 4. The van der Waals surface area contributed by atoms with Gasteiger partial charge in [-0.1, -0.05) is 48.4 Å². The monoisotopic (exact) mass is 368 g/mol. The van der Waals surface area contributed by atoms with Crippen LogP contribution in [0.4, 0.5) is 11.5 Å². The summed E-state index contributed by atoms with van der Waals surface area (Å²) >= 11 is 0. The number of anilines is 2. The van der Waals surface area contributed by atoms with Crippen LogP contribution < -0.4 is 16.1 Å². The second-order valence-corrected chi connectivity index (χ2v) is 6.55. The summed E-state index contributed by atoms with van der Waals surface area (Å²) in [7, 11) is 5.99. The van der Waals surface area contributed by atoms with Gasteiger partial charge in [0.25, 0.3) is 0 Å². The van der Waals surface area contributed by atoms with Crippen molar-refractivity contribution in [2.24, 2.45) is 0 Å². The lowest BCUT2D eigenvalue weighted by Crippen LogP contribution is -2.12. The number of rotatable bonds is 7. The largest absolute Gasteiger partial charge is 0.359 e. The molecule has 2 N–H and O–H groups in total. The predicted octanol–water partition coefficient (Wildman–Crippen LogP) is 2.99. The zero-order valence-electron chi connectivity index (χ0n) is 15.8. The van der Waals surface area contributed by atoms with Crippen LogP contribution in [0.3, 0.4) is 0 Å². The van der Waals surface area contributed by atoms with Crippen molar-refractivity contribution in [2.75, 3.05) is 10.6 Å². The van der Waals surface area contributed by atoms with Crippen molar-refractivity contribution >= 4 is 30.7 Å². The van der Waals surface area contributed by atoms with Gasteiger partial charge in [-0.25, -0.2) is 9.97 Å². The van der Waals surface area contributed by atoms with Gasteiger partial charge < -0.3 is 10.6 Å². The predicted molar refractivity (Wildman–Crippen MR) is 114 cm³/mol. The summed E-state index contributed by atoms with van der Waals surface area (Å²) in [5.41, 5.74) is 5.60. The first-order valence-corrected chi connectivity index (χ1v) is 8.95. The van der Waals surface area contributed by atoms with Crippen molar-refractivity contribution in [2.45, 2.75) is 19.8 Å². The molecule has 2 aromatic carbocycles. The molecule has 0 fully saturated rings. The Morgan fingerprint density at radius 3 is 2.54 bits per heavy atom. The molecule has 138 valence electrons. The highest BCUT2D eigenvalue weighted by Crippen LogP contribution is 2.16. The molecule has 0 atom stereocenters. The first-order valence-electron chi connectivity index (χ1n) is 8.95. The van der Waals surface area contributed by atoms with E-state index in [1.165, 1.54) is 13.3 Å². The minimum absolute atomic E-state index is 0.155. The van der Waals surface area contributed by atoms with E-state index in [2.05, 4.69) is 27.2 Å². The number of aromatic nitrogens is 2. The number of carbonyl (C=O) groups is 1. The minimum Gasteiger partial charge on any atom is -0.359 e. The van der Waals surface area contributed by atoms with Crippen molar-refractivity contribution in [3.05, 3.63) is 90.0 Å². The maximum atomic E-state index is 11.1. The van der Waals surface area contributed by atoms with Crippen LogP contribution in [-0.2, 0) is 17.6 Å². The van der Waals surface area contributed by atoms with Crippen LogP contribution in [0.15, 0.2) is 73.2 Å². The maximum absolute atomic E-state index is 11.1. The van der Waals surface area contributed by atoms with Crippen LogP contribution in [0.1, 0.15) is 23.7 Å². The van der Waals surface area contributed by atoms with E-state index >= 15 is 0 Å². The second kappa shape index (κ2) is 8.99. The third-order valence-corrected chi connectivity index (χ3v) is 4.15. The van der Waals surface area contributed by atoms with Gasteiger partial charge in [-0.2, -0.15) is 0 Å². The van der Waals surface area contributed by atoms with E-state index in [1.807, 2.05) is 48.5 Å². The Kier molecular flexibility index (Phi) is 6.22. The van der Waals surface area contributed by atoms with Crippen LogP contribution in [0.2, 0.25) is 0 Å². The van der Waals surface area contributed by atoms with E-state index in [-0.39, 0.29) is 5.91 Å². The van der Waals surface area contributed by atoms with Crippen LogP contribution >= 0.6 is 0 Å². The summed E-state index contributed by atoms with van der Waals surface area (Å²) in [4.78, 5) is 19.5. The third-order valence-electron chi connectivity index (χ3n) is 4.15. The fourth-order valence-electron chi connectivity index (χ4n) is 2.83. The van der Waals surface area contributed by atoms with Gasteiger partial charge >= 0.3 is 0 Å². The van der Waals surface area contributed by atoms with Crippen LogP contribution in [0, 0.1) is 0 Å². The molecule has 0 bridgehead atoms. The average molecular weight is 368 g/mol. The van der Waals surface area contributed by atoms with E-state index in [9.17, 15) is 4.79 Å². The molecule has 0 saturated heterocycles. The molecular formula is C22H21BN4O. The lowest BCUT2D eigenvalue weighted by atomic mass is 9.89. The SMILES string of the molecule is [B]c1ccccc1CC(=C)Nc1ccc(Cc2cc(NC(C)=O)ncn2)cc1. The molecule has 1 heterocycles. The highest BCUT2D eigenvalue weighted by atomic mass is 16.1. The molecule has 2 radical (unpaired) electrons. The van der Waals surface area contributed by atoms with E-state index in [4.69, 9.17) is 7.85 Å². The summed E-state index contributed by atoms with van der Waals surface area (Å²) < 4.78 is 0. The molecule has 6 heteroatoms. The van der Waals surface area contributed by atoms with Crippen molar-refractivity contribution in [3.8, 4) is 0 Å². The van der Waals surface area contributed by atoms with Crippen molar-refractivity contribution < 1.29 is 4.79 Å². The number of nitrogens with one attached hydrogen (secondary N) is 2.